The SMILES string of the molecule is CC1CC2(CCCCC2)CN1Cc1ccccc1. The van der Waals surface area contributed by atoms with Crippen molar-refractivity contribution in [2.75, 3.05) is 6.54 Å². The number of hydrogen-bond acceptors (Lipinski definition) is 1. The van der Waals surface area contributed by atoms with Crippen LogP contribution in [0.15, 0.2) is 30.3 Å². The Hall–Kier alpha value is -0.820. The number of hydrogen-bond donors (Lipinski definition) is 0. The van der Waals surface area contributed by atoms with Crippen molar-refractivity contribution in [3.63, 3.8) is 0 Å². The first-order chi connectivity index (χ1) is 8.77. The van der Waals surface area contributed by atoms with E-state index in [2.05, 4.69) is 42.2 Å². The van der Waals surface area contributed by atoms with Gasteiger partial charge in [0.05, 0.1) is 0 Å². The van der Waals surface area contributed by atoms with Crippen LogP contribution in [-0.4, -0.2) is 17.5 Å². The molecule has 18 heavy (non-hydrogen) atoms. The Morgan fingerprint density at radius 1 is 1.11 bits per heavy atom. The van der Waals surface area contributed by atoms with Gasteiger partial charge in [0.1, 0.15) is 0 Å². The van der Waals surface area contributed by atoms with Gasteiger partial charge in [-0.1, -0.05) is 49.6 Å². The molecule has 1 saturated carbocycles. The lowest BCUT2D eigenvalue weighted by Gasteiger charge is -2.33. The molecule has 1 aromatic carbocycles. The van der Waals surface area contributed by atoms with E-state index < -0.39 is 0 Å². The summed E-state index contributed by atoms with van der Waals surface area (Å²) in [4.78, 5) is 2.71. The molecule has 2 aliphatic rings. The molecule has 1 aliphatic carbocycles. The summed E-state index contributed by atoms with van der Waals surface area (Å²) in [5.41, 5.74) is 2.14. The van der Waals surface area contributed by atoms with Crippen molar-refractivity contribution in [2.24, 2.45) is 5.41 Å². The Morgan fingerprint density at radius 2 is 1.83 bits per heavy atom. The molecule has 1 nitrogen and oxygen atoms in total. The van der Waals surface area contributed by atoms with Crippen molar-refractivity contribution in [1.82, 2.24) is 4.90 Å². The largest absolute Gasteiger partial charge is 0.296 e. The van der Waals surface area contributed by atoms with Gasteiger partial charge in [0.25, 0.3) is 0 Å². The second-order valence-electron chi connectivity index (χ2n) is 6.50. The van der Waals surface area contributed by atoms with E-state index in [1.807, 2.05) is 0 Å². The number of rotatable bonds is 2. The van der Waals surface area contributed by atoms with Crippen molar-refractivity contribution in [1.29, 1.82) is 0 Å². The predicted molar refractivity (Wildman–Crippen MR) is 76.4 cm³/mol. The number of likely N-dealkylation sites (tertiary alicyclic amines) is 1. The molecular weight excluding hydrogens is 218 g/mol. The van der Waals surface area contributed by atoms with Crippen LogP contribution in [0.5, 0.6) is 0 Å². The lowest BCUT2D eigenvalue weighted by molar-refractivity contribution is 0.181. The van der Waals surface area contributed by atoms with Gasteiger partial charge in [0.2, 0.25) is 0 Å². The third-order valence-corrected chi connectivity index (χ3v) is 5.03. The molecule has 1 heteroatoms. The minimum atomic E-state index is 0.673. The highest BCUT2D eigenvalue weighted by atomic mass is 15.2. The Kier molecular flexibility index (Phi) is 3.43. The third kappa shape index (κ3) is 2.47. The molecule has 1 unspecified atom stereocenters. The van der Waals surface area contributed by atoms with Gasteiger partial charge >= 0.3 is 0 Å². The molecule has 0 radical (unpaired) electrons. The first-order valence-corrected chi connectivity index (χ1v) is 7.55. The lowest BCUT2D eigenvalue weighted by atomic mass is 9.73. The number of benzene rings is 1. The molecule has 98 valence electrons. The van der Waals surface area contributed by atoms with Crippen LogP contribution >= 0.6 is 0 Å². The maximum absolute atomic E-state index is 2.71. The van der Waals surface area contributed by atoms with E-state index in [0.29, 0.717) is 5.41 Å². The van der Waals surface area contributed by atoms with Crippen LogP contribution in [0.4, 0.5) is 0 Å². The van der Waals surface area contributed by atoms with Gasteiger partial charge in [-0.25, -0.2) is 0 Å². The summed E-state index contributed by atoms with van der Waals surface area (Å²) in [6.45, 7) is 4.90. The van der Waals surface area contributed by atoms with E-state index in [9.17, 15) is 0 Å². The first-order valence-electron chi connectivity index (χ1n) is 7.55. The van der Waals surface area contributed by atoms with Crippen LogP contribution in [-0.2, 0) is 6.54 Å². The Morgan fingerprint density at radius 3 is 2.56 bits per heavy atom. The molecule has 3 rings (SSSR count). The fraction of sp³-hybridized carbons (Fsp3) is 0.647. The van der Waals surface area contributed by atoms with Crippen molar-refractivity contribution >= 4 is 0 Å². The van der Waals surface area contributed by atoms with Gasteiger partial charge < -0.3 is 0 Å². The van der Waals surface area contributed by atoms with Gasteiger partial charge in [-0.2, -0.15) is 0 Å². The highest BCUT2D eigenvalue weighted by Gasteiger charge is 2.42. The van der Waals surface area contributed by atoms with Crippen molar-refractivity contribution in [3.05, 3.63) is 35.9 Å². The molecule has 0 bridgehead atoms. The van der Waals surface area contributed by atoms with Crippen LogP contribution in [0.3, 0.4) is 0 Å². The highest BCUT2D eigenvalue weighted by Crippen LogP contribution is 2.46. The molecule has 0 amide bonds. The standard InChI is InChI=1S/C17H25N/c1-15-12-17(10-6-3-7-11-17)14-18(15)13-16-8-4-2-5-9-16/h2,4-5,8-9,15H,3,6-7,10-14H2,1H3. The van der Waals surface area contributed by atoms with Crippen molar-refractivity contribution in [3.8, 4) is 0 Å². The zero-order valence-electron chi connectivity index (χ0n) is 11.6. The molecule has 1 aliphatic heterocycles. The molecule has 2 fully saturated rings. The maximum Gasteiger partial charge on any atom is 0.0236 e. The zero-order valence-corrected chi connectivity index (χ0v) is 11.6. The lowest BCUT2D eigenvalue weighted by Crippen LogP contribution is -2.30. The second kappa shape index (κ2) is 5.05. The maximum atomic E-state index is 2.71. The smallest absolute Gasteiger partial charge is 0.0236 e. The molecule has 0 N–H and O–H groups in total. The summed E-state index contributed by atoms with van der Waals surface area (Å²) in [6, 6.07) is 11.7. The third-order valence-electron chi connectivity index (χ3n) is 5.03. The monoisotopic (exact) mass is 243 g/mol. The van der Waals surface area contributed by atoms with Crippen LogP contribution in [0, 0.1) is 5.41 Å². The van der Waals surface area contributed by atoms with E-state index in [0.717, 1.165) is 12.6 Å². The fourth-order valence-corrected chi connectivity index (χ4v) is 4.10. The van der Waals surface area contributed by atoms with Crippen molar-refractivity contribution < 1.29 is 0 Å². The molecule has 0 aromatic heterocycles. The Labute approximate surface area is 111 Å². The van der Waals surface area contributed by atoms with Gasteiger partial charge in [0, 0.05) is 19.1 Å². The summed E-state index contributed by atoms with van der Waals surface area (Å²) in [7, 11) is 0. The normalized spacial score (nSPS) is 27.7. The van der Waals surface area contributed by atoms with E-state index in [-0.39, 0.29) is 0 Å². The summed E-state index contributed by atoms with van der Waals surface area (Å²) in [5.74, 6) is 0. The van der Waals surface area contributed by atoms with E-state index in [4.69, 9.17) is 0 Å². The summed E-state index contributed by atoms with van der Waals surface area (Å²) < 4.78 is 0. The summed E-state index contributed by atoms with van der Waals surface area (Å²) >= 11 is 0. The van der Waals surface area contributed by atoms with Crippen LogP contribution in [0.25, 0.3) is 0 Å². The predicted octanol–water partition coefficient (Wildman–Crippen LogP) is 4.23. The van der Waals surface area contributed by atoms with Gasteiger partial charge in [-0.15, -0.1) is 0 Å². The van der Waals surface area contributed by atoms with Gasteiger partial charge in [0.15, 0.2) is 0 Å². The number of nitrogens with zero attached hydrogens (tertiary/aromatic N) is 1. The molecule has 1 aromatic rings. The molecule has 1 saturated heterocycles. The average Bonchev–Trinajstić information content (AvgIpc) is 2.68. The summed E-state index contributed by atoms with van der Waals surface area (Å²) in [6.07, 6.45) is 8.78. The molecular formula is C17H25N. The van der Waals surface area contributed by atoms with Crippen molar-refractivity contribution in [2.45, 2.75) is 58.0 Å². The highest BCUT2D eigenvalue weighted by molar-refractivity contribution is 5.15. The van der Waals surface area contributed by atoms with E-state index in [1.54, 1.807) is 0 Å². The minimum Gasteiger partial charge on any atom is -0.296 e. The quantitative estimate of drug-likeness (QED) is 0.751. The molecule has 1 spiro atoms. The minimum absolute atomic E-state index is 0.673. The fourth-order valence-electron chi connectivity index (χ4n) is 4.10. The molecule has 1 atom stereocenters. The van der Waals surface area contributed by atoms with Crippen LogP contribution in [0.2, 0.25) is 0 Å². The van der Waals surface area contributed by atoms with E-state index in [1.165, 1.54) is 50.6 Å². The van der Waals surface area contributed by atoms with Gasteiger partial charge in [-0.3, -0.25) is 4.90 Å². The average molecular weight is 243 g/mol. The first kappa shape index (κ1) is 12.2. The van der Waals surface area contributed by atoms with Gasteiger partial charge in [-0.05, 0) is 37.2 Å². The van der Waals surface area contributed by atoms with Crippen LogP contribution in [0.1, 0.15) is 51.0 Å². The second-order valence-corrected chi connectivity index (χ2v) is 6.50. The summed E-state index contributed by atoms with van der Waals surface area (Å²) in [5, 5.41) is 0. The van der Waals surface area contributed by atoms with Crippen LogP contribution < -0.4 is 0 Å². The Balaban J connectivity index is 1.67. The zero-order chi connectivity index (χ0) is 12.4. The molecule has 1 heterocycles. The van der Waals surface area contributed by atoms with E-state index >= 15 is 0 Å². The Bertz CT molecular complexity index is 378. The topological polar surface area (TPSA) is 3.24 Å².